The zero-order valence-corrected chi connectivity index (χ0v) is 11.6. The van der Waals surface area contributed by atoms with Crippen molar-refractivity contribution in [1.82, 2.24) is 4.98 Å². The lowest BCUT2D eigenvalue weighted by Gasteiger charge is -2.10. The smallest absolute Gasteiger partial charge is 0.224 e. The highest BCUT2D eigenvalue weighted by Gasteiger charge is 2.12. The van der Waals surface area contributed by atoms with Crippen LogP contribution in [0.3, 0.4) is 0 Å². The molecule has 0 amide bonds. The lowest BCUT2D eigenvalue weighted by atomic mass is 10.1. The standard InChI is InChI=1S/C16H10ClF2NO/c17-9-11-7-10-3-1-2-4-14(10)20-16(11)21-15-8-12(18)5-6-13(15)19/h1-8H,9H2. The lowest BCUT2D eigenvalue weighted by Crippen LogP contribution is -1.96. The van der Waals surface area contributed by atoms with Gasteiger partial charge in [-0.1, -0.05) is 18.2 Å². The third kappa shape index (κ3) is 2.81. The summed E-state index contributed by atoms with van der Waals surface area (Å²) in [5.74, 6) is -1.13. The van der Waals surface area contributed by atoms with E-state index in [1.54, 1.807) is 0 Å². The van der Waals surface area contributed by atoms with Crippen molar-refractivity contribution in [2.45, 2.75) is 5.88 Å². The first-order chi connectivity index (χ1) is 10.2. The summed E-state index contributed by atoms with van der Waals surface area (Å²) in [5, 5.41) is 0.903. The summed E-state index contributed by atoms with van der Waals surface area (Å²) in [4.78, 5) is 4.32. The Morgan fingerprint density at radius 2 is 1.86 bits per heavy atom. The van der Waals surface area contributed by atoms with Gasteiger partial charge in [-0.15, -0.1) is 11.6 Å². The Labute approximate surface area is 125 Å². The van der Waals surface area contributed by atoms with Crippen LogP contribution in [0.5, 0.6) is 11.6 Å². The first kappa shape index (κ1) is 13.8. The average molecular weight is 306 g/mol. The number of para-hydroxylation sites is 1. The summed E-state index contributed by atoms with van der Waals surface area (Å²) in [6.45, 7) is 0. The topological polar surface area (TPSA) is 22.1 Å². The molecule has 0 N–H and O–H groups in total. The first-order valence-corrected chi connectivity index (χ1v) is 6.78. The van der Waals surface area contributed by atoms with E-state index in [-0.39, 0.29) is 17.5 Å². The maximum Gasteiger partial charge on any atom is 0.224 e. The summed E-state index contributed by atoms with van der Waals surface area (Å²) in [6.07, 6.45) is 0. The van der Waals surface area contributed by atoms with Gasteiger partial charge in [0.25, 0.3) is 0 Å². The molecule has 2 aromatic carbocycles. The fourth-order valence-corrected chi connectivity index (χ4v) is 2.18. The van der Waals surface area contributed by atoms with E-state index in [0.29, 0.717) is 11.1 Å². The monoisotopic (exact) mass is 305 g/mol. The van der Waals surface area contributed by atoms with Crippen molar-refractivity contribution >= 4 is 22.5 Å². The van der Waals surface area contributed by atoms with E-state index in [4.69, 9.17) is 16.3 Å². The zero-order chi connectivity index (χ0) is 14.8. The zero-order valence-electron chi connectivity index (χ0n) is 10.8. The van der Waals surface area contributed by atoms with Crippen LogP contribution < -0.4 is 4.74 Å². The van der Waals surface area contributed by atoms with Crippen LogP contribution in [-0.4, -0.2) is 4.98 Å². The molecule has 0 radical (unpaired) electrons. The molecule has 0 aliphatic rings. The molecule has 2 nitrogen and oxygen atoms in total. The highest BCUT2D eigenvalue weighted by Crippen LogP contribution is 2.29. The van der Waals surface area contributed by atoms with Crippen molar-refractivity contribution in [2.75, 3.05) is 0 Å². The average Bonchev–Trinajstić information content (AvgIpc) is 2.50. The van der Waals surface area contributed by atoms with E-state index in [1.807, 2.05) is 30.3 Å². The Hall–Kier alpha value is -2.20. The maximum atomic E-state index is 13.7. The minimum atomic E-state index is -0.660. The van der Waals surface area contributed by atoms with Crippen LogP contribution in [0, 0.1) is 11.6 Å². The number of alkyl halides is 1. The number of hydrogen-bond acceptors (Lipinski definition) is 2. The molecule has 0 fully saturated rings. The van der Waals surface area contributed by atoms with Gasteiger partial charge in [0.2, 0.25) is 5.88 Å². The molecular weight excluding hydrogens is 296 g/mol. The molecule has 1 aromatic heterocycles. The molecule has 0 atom stereocenters. The number of fused-ring (bicyclic) bond motifs is 1. The molecule has 0 saturated heterocycles. The van der Waals surface area contributed by atoms with Crippen molar-refractivity contribution < 1.29 is 13.5 Å². The maximum absolute atomic E-state index is 13.7. The molecule has 3 aromatic rings. The van der Waals surface area contributed by atoms with Gasteiger partial charge in [-0.2, -0.15) is 0 Å². The van der Waals surface area contributed by atoms with Gasteiger partial charge in [0.05, 0.1) is 11.4 Å². The first-order valence-electron chi connectivity index (χ1n) is 6.25. The molecule has 0 aliphatic carbocycles. The number of halogens is 3. The van der Waals surface area contributed by atoms with Crippen LogP contribution in [0.4, 0.5) is 8.78 Å². The number of aromatic nitrogens is 1. The lowest BCUT2D eigenvalue weighted by molar-refractivity contribution is 0.421. The van der Waals surface area contributed by atoms with E-state index in [1.165, 1.54) is 0 Å². The van der Waals surface area contributed by atoms with E-state index >= 15 is 0 Å². The predicted octanol–water partition coefficient (Wildman–Crippen LogP) is 5.04. The number of rotatable bonds is 3. The van der Waals surface area contributed by atoms with Crippen molar-refractivity contribution in [3.05, 3.63) is 65.7 Å². The second-order valence-corrected chi connectivity index (χ2v) is 4.72. The van der Waals surface area contributed by atoms with E-state index in [9.17, 15) is 8.78 Å². The van der Waals surface area contributed by atoms with Crippen LogP contribution in [0.15, 0.2) is 48.5 Å². The predicted molar refractivity (Wildman–Crippen MR) is 77.7 cm³/mol. The molecule has 0 bridgehead atoms. The summed E-state index contributed by atoms with van der Waals surface area (Å²) in [5.41, 5.74) is 1.30. The van der Waals surface area contributed by atoms with Gasteiger partial charge < -0.3 is 4.74 Å². The Balaban J connectivity index is 2.08. The third-order valence-electron chi connectivity index (χ3n) is 3.01. The van der Waals surface area contributed by atoms with E-state index in [2.05, 4.69) is 4.98 Å². The van der Waals surface area contributed by atoms with Crippen LogP contribution in [0.2, 0.25) is 0 Å². The van der Waals surface area contributed by atoms with Crippen LogP contribution in [0.25, 0.3) is 10.9 Å². The summed E-state index contributed by atoms with van der Waals surface area (Å²) >= 11 is 5.88. The largest absolute Gasteiger partial charge is 0.435 e. The molecular formula is C16H10ClF2NO. The van der Waals surface area contributed by atoms with Gasteiger partial charge >= 0.3 is 0 Å². The summed E-state index contributed by atoms with van der Waals surface area (Å²) in [6, 6.07) is 12.3. The van der Waals surface area contributed by atoms with Crippen LogP contribution in [-0.2, 0) is 5.88 Å². The normalized spacial score (nSPS) is 10.8. The van der Waals surface area contributed by atoms with Crippen molar-refractivity contribution in [3.8, 4) is 11.6 Å². The molecule has 5 heteroatoms. The molecule has 0 unspecified atom stereocenters. The van der Waals surface area contributed by atoms with Crippen LogP contribution >= 0.6 is 11.6 Å². The minimum absolute atomic E-state index is 0.157. The number of pyridine rings is 1. The van der Waals surface area contributed by atoms with E-state index in [0.717, 1.165) is 23.6 Å². The van der Waals surface area contributed by atoms with Crippen molar-refractivity contribution in [3.63, 3.8) is 0 Å². The molecule has 0 aliphatic heterocycles. The third-order valence-corrected chi connectivity index (χ3v) is 3.29. The van der Waals surface area contributed by atoms with Gasteiger partial charge in [-0.05, 0) is 24.3 Å². The fraction of sp³-hybridized carbons (Fsp3) is 0.0625. The summed E-state index contributed by atoms with van der Waals surface area (Å²) in [7, 11) is 0. The minimum Gasteiger partial charge on any atom is -0.435 e. The van der Waals surface area contributed by atoms with E-state index < -0.39 is 11.6 Å². The number of benzene rings is 2. The molecule has 106 valence electrons. The number of ether oxygens (including phenoxy) is 1. The Bertz CT molecular complexity index is 807. The number of nitrogens with zero attached hydrogens (tertiary/aromatic N) is 1. The molecule has 0 spiro atoms. The molecule has 3 rings (SSSR count). The van der Waals surface area contributed by atoms with Gasteiger partial charge in [0, 0.05) is 17.0 Å². The number of hydrogen-bond donors (Lipinski definition) is 0. The quantitative estimate of drug-likeness (QED) is 0.632. The Morgan fingerprint density at radius 1 is 1.05 bits per heavy atom. The second kappa shape index (κ2) is 5.66. The van der Waals surface area contributed by atoms with Crippen molar-refractivity contribution in [2.24, 2.45) is 0 Å². The summed E-state index contributed by atoms with van der Waals surface area (Å²) < 4.78 is 32.3. The fourth-order valence-electron chi connectivity index (χ4n) is 1.99. The molecule has 0 saturated carbocycles. The highest BCUT2D eigenvalue weighted by molar-refractivity contribution is 6.17. The van der Waals surface area contributed by atoms with Gasteiger partial charge in [-0.3, -0.25) is 0 Å². The highest BCUT2D eigenvalue weighted by atomic mass is 35.5. The SMILES string of the molecule is Fc1ccc(F)c(Oc2nc3ccccc3cc2CCl)c1. The molecule has 1 heterocycles. The van der Waals surface area contributed by atoms with Crippen molar-refractivity contribution in [1.29, 1.82) is 0 Å². The second-order valence-electron chi connectivity index (χ2n) is 4.46. The van der Waals surface area contributed by atoms with Crippen LogP contribution in [0.1, 0.15) is 5.56 Å². The molecule has 21 heavy (non-hydrogen) atoms. The Kier molecular flexibility index (Phi) is 3.71. The van der Waals surface area contributed by atoms with Gasteiger partial charge in [-0.25, -0.2) is 13.8 Å². The van der Waals surface area contributed by atoms with Gasteiger partial charge in [0.15, 0.2) is 11.6 Å². The Morgan fingerprint density at radius 3 is 2.67 bits per heavy atom. The van der Waals surface area contributed by atoms with Gasteiger partial charge in [0.1, 0.15) is 5.82 Å².